The standard InChI is InChI=1S/C24H26N4O2/c1-17-14-18(2)28(26-17)13-11-23(29)25-16-19-8-9-22-21(15-19)10-12-27(22)24(30)20-6-4-3-5-7-20/h3-9,14-15H,10-13,16H2,1-2H3,(H,25,29). The molecule has 0 saturated heterocycles. The van der Waals surface area contributed by atoms with Crippen molar-refractivity contribution in [1.82, 2.24) is 15.1 Å². The lowest BCUT2D eigenvalue weighted by Crippen LogP contribution is -2.28. The van der Waals surface area contributed by atoms with Crippen molar-refractivity contribution in [2.45, 2.75) is 39.8 Å². The minimum Gasteiger partial charge on any atom is -0.352 e. The Morgan fingerprint density at radius 1 is 1.07 bits per heavy atom. The number of aromatic nitrogens is 2. The van der Waals surface area contributed by atoms with Crippen LogP contribution in [0.15, 0.2) is 54.6 Å². The van der Waals surface area contributed by atoms with Crippen molar-refractivity contribution >= 4 is 17.5 Å². The minimum absolute atomic E-state index is 0.00364. The van der Waals surface area contributed by atoms with Gasteiger partial charge in [-0.3, -0.25) is 14.3 Å². The molecular weight excluding hydrogens is 376 g/mol. The molecule has 0 bridgehead atoms. The summed E-state index contributed by atoms with van der Waals surface area (Å²) in [4.78, 5) is 26.9. The maximum absolute atomic E-state index is 12.8. The first-order valence-corrected chi connectivity index (χ1v) is 10.3. The van der Waals surface area contributed by atoms with Crippen LogP contribution >= 0.6 is 0 Å². The number of carbonyl (C=O) groups excluding carboxylic acids is 2. The van der Waals surface area contributed by atoms with E-state index in [2.05, 4.69) is 16.5 Å². The molecule has 3 aromatic rings. The molecule has 0 saturated carbocycles. The summed E-state index contributed by atoms with van der Waals surface area (Å²) in [5.41, 5.74) is 5.88. The minimum atomic E-state index is 0.00364. The normalized spacial score (nSPS) is 12.7. The number of benzene rings is 2. The Kier molecular flexibility index (Phi) is 5.65. The van der Waals surface area contributed by atoms with Gasteiger partial charge >= 0.3 is 0 Å². The van der Waals surface area contributed by atoms with Crippen LogP contribution in [0, 0.1) is 13.8 Å². The third-order valence-electron chi connectivity index (χ3n) is 5.45. The van der Waals surface area contributed by atoms with Crippen LogP contribution in [-0.4, -0.2) is 28.1 Å². The van der Waals surface area contributed by atoms with Crippen molar-refractivity contribution in [1.29, 1.82) is 0 Å². The zero-order chi connectivity index (χ0) is 21.1. The molecule has 0 radical (unpaired) electrons. The van der Waals surface area contributed by atoms with Crippen molar-refractivity contribution in [3.63, 3.8) is 0 Å². The molecule has 1 N–H and O–H groups in total. The molecule has 30 heavy (non-hydrogen) atoms. The van der Waals surface area contributed by atoms with Gasteiger partial charge in [0.05, 0.1) is 5.69 Å². The van der Waals surface area contributed by atoms with Crippen LogP contribution in [-0.2, 0) is 24.3 Å². The topological polar surface area (TPSA) is 67.2 Å². The Bertz CT molecular complexity index is 1070. The molecule has 154 valence electrons. The van der Waals surface area contributed by atoms with Crippen LogP contribution in [0.2, 0.25) is 0 Å². The molecule has 2 aromatic carbocycles. The number of anilines is 1. The summed E-state index contributed by atoms with van der Waals surface area (Å²) in [6.07, 6.45) is 1.22. The first-order valence-electron chi connectivity index (χ1n) is 10.3. The first kappa shape index (κ1) is 19.9. The summed E-state index contributed by atoms with van der Waals surface area (Å²) in [5.74, 6) is 0.0310. The Morgan fingerprint density at radius 3 is 2.60 bits per heavy atom. The summed E-state index contributed by atoms with van der Waals surface area (Å²) in [7, 11) is 0. The van der Waals surface area contributed by atoms with Crippen LogP contribution < -0.4 is 10.2 Å². The van der Waals surface area contributed by atoms with E-state index in [9.17, 15) is 9.59 Å². The number of nitrogens with zero attached hydrogens (tertiary/aromatic N) is 3. The van der Waals surface area contributed by atoms with Crippen LogP contribution in [0.25, 0.3) is 0 Å². The molecule has 0 spiro atoms. The van der Waals surface area contributed by atoms with E-state index < -0.39 is 0 Å². The average Bonchev–Trinajstić information content (AvgIpc) is 3.32. The van der Waals surface area contributed by atoms with Gasteiger partial charge in [-0.25, -0.2) is 0 Å². The number of carbonyl (C=O) groups is 2. The van der Waals surface area contributed by atoms with E-state index in [1.807, 2.05) is 72.0 Å². The maximum atomic E-state index is 12.8. The van der Waals surface area contributed by atoms with Crippen molar-refractivity contribution < 1.29 is 9.59 Å². The predicted octanol–water partition coefficient (Wildman–Crippen LogP) is 3.41. The van der Waals surface area contributed by atoms with Gasteiger partial charge in [0.2, 0.25) is 5.91 Å². The first-order chi connectivity index (χ1) is 14.5. The number of hydrogen-bond donors (Lipinski definition) is 1. The summed E-state index contributed by atoms with van der Waals surface area (Å²) in [5, 5.41) is 7.37. The van der Waals surface area contributed by atoms with E-state index in [0.29, 0.717) is 31.6 Å². The van der Waals surface area contributed by atoms with Crippen molar-refractivity contribution in [2.75, 3.05) is 11.4 Å². The smallest absolute Gasteiger partial charge is 0.258 e. The number of nitrogens with one attached hydrogen (secondary N) is 1. The van der Waals surface area contributed by atoms with Gasteiger partial charge in [-0.2, -0.15) is 5.10 Å². The summed E-state index contributed by atoms with van der Waals surface area (Å²) in [6, 6.07) is 17.4. The van der Waals surface area contributed by atoms with Crippen LogP contribution in [0.3, 0.4) is 0 Å². The van der Waals surface area contributed by atoms with Crippen molar-refractivity contribution in [3.8, 4) is 0 Å². The van der Waals surface area contributed by atoms with E-state index in [4.69, 9.17) is 0 Å². The quantitative estimate of drug-likeness (QED) is 0.687. The second kappa shape index (κ2) is 8.53. The molecular formula is C24H26N4O2. The molecule has 1 aliphatic rings. The highest BCUT2D eigenvalue weighted by Gasteiger charge is 2.25. The van der Waals surface area contributed by atoms with Crippen LogP contribution in [0.4, 0.5) is 5.69 Å². The molecule has 6 heteroatoms. The highest BCUT2D eigenvalue weighted by atomic mass is 16.2. The van der Waals surface area contributed by atoms with Crippen LogP contribution in [0.1, 0.15) is 39.3 Å². The van der Waals surface area contributed by atoms with Gasteiger partial charge in [-0.1, -0.05) is 30.3 Å². The Morgan fingerprint density at radius 2 is 1.87 bits per heavy atom. The third kappa shape index (κ3) is 4.27. The van der Waals surface area contributed by atoms with Crippen molar-refractivity contribution in [3.05, 3.63) is 82.7 Å². The van der Waals surface area contributed by atoms with Gasteiger partial charge in [0.25, 0.3) is 5.91 Å². The SMILES string of the molecule is Cc1cc(C)n(CCC(=O)NCc2ccc3c(c2)CCN3C(=O)c2ccccc2)n1. The van der Waals surface area contributed by atoms with Gasteiger partial charge in [-0.05, 0) is 55.7 Å². The lowest BCUT2D eigenvalue weighted by atomic mass is 10.1. The van der Waals surface area contributed by atoms with Gasteiger partial charge in [0.1, 0.15) is 0 Å². The van der Waals surface area contributed by atoms with Gasteiger partial charge in [0.15, 0.2) is 0 Å². The van der Waals surface area contributed by atoms with Crippen LogP contribution in [0.5, 0.6) is 0 Å². The molecule has 0 fully saturated rings. The van der Waals surface area contributed by atoms with Crippen molar-refractivity contribution in [2.24, 2.45) is 0 Å². The lowest BCUT2D eigenvalue weighted by Gasteiger charge is -2.17. The molecule has 2 heterocycles. The number of fused-ring (bicyclic) bond motifs is 1. The zero-order valence-corrected chi connectivity index (χ0v) is 17.4. The number of aryl methyl sites for hydroxylation is 3. The molecule has 2 amide bonds. The lowest BCUT2D eigenvalue weighted by molar-refractivity contribution is -0.121. The fourth-order valence-electron chi connectivity index (χ4n) is 3.91. The fraction of sp³-hybridized carbons (Fsp3) is 0.292. The number of hydrogen-bond acceptors (Lipinski definition) is 3. The monoisotopic (exact) mass is 402 g/mol. The summed E-state index contributed by atoms with van der Waals surface area (Å²) >= 11 is 0. The van der Waals surface area contributed by atoms with E-state index in [-0.39, 0.29) is 11.8 Å². The molecule has 1 aliphatic heterocycles. The molecule has 1 aromatic heterocycles. The fourth-order valence-corrected chi connectivity index (χ4v) is 3.91. The van der Waals surface area contributed by atoms with E-state index in [1.165, 1.54) is 0 Å². The van der Waals surface area contributed by atoms with Gasteiger partial charge < -0.3 is 10.2 Å². The Balaban J connectivity index is 1.34. The largest absolute Gasteiger partial charge is 0.352 e. The predicted molar refractivity (Wildman–Crippen MR) is 116 cm³/mol. The Hall–Kier alpha value is -3.41. The van der Waals surface area contributed by atoms with E-state index >= 15 is 0 Å². The van der Waals surface area contributed by atoms with Gasteiger partial charge in [0, 0.05) is 43.0 Å². The average molecular weight is 402 g/mol. The number of rotatable bonds is 6. The second-order valence-electron chi connectivity index (χ2n) is 7.71. The molecule has 0 atom stereocenters. The maximum Gasteiger partial charge on any atom is 0.258 e. The molecule has 0 aliphatic carbocycles. The summed E-state index contributed by atoms with van der Waals surface area (Å²) < 4.78 is 1.86. The highest BCUT2D eigenvalue weighted by molar-refractivity contribution is 6.07. The van der Waals surface area contributed by atoms with E-state index in [0.717, 1.165) is 34.6 Å². The summed E-state index contributed by atoms with van der Waals surface area (Å²) in [6.45, 7) is 5.68. The second-order valence-corrected chi connectivity index (χ2v) is 7.71. The molecule has 4 rings (SSSR count). The van der Waals surface area contributed by atoms with E-state index in [1.54, 1.807) is 0 Å². The Labute approximate surface area is 176 Å². The number of amides is 2. The molecule has 6 nitrogen and oxygen atoms in total. The van der Waals surface area contributed by atoms with Gasteiger partial charge in [-0.15, -0.1) is 0 Å². The zero-order valence-electron chi connectivity index (χ0n) is 17.4. The third-order valence-corrected chi connectivity index (χ3v) is 5.45. The molecule has 0 unspecified atom stereocenters. The highest BCUT2D eigenvalue weighted by Crippen LogP contribution is 2.30.